The summed E-state index contributed by atoms with van der Waals surface area (Å²) in [4.78, 5) is 52.5. The Morgan fingerprint density at radius 1 is 0.810 bits per heavy atom. The Labute approximate surface area is 247 Å². The number of para-hydroxylation sites is 1. The average molecular weight is 607 g/mol. The first-order valence-corrected chi connectivity index (χ1v) is 13.8. The number of aromatic hydroxyl groups is 1. The maximum atomic E-state index is 14.2. The zero-order chi connectivity index (χ0) is 29.6. The summed E-state index contributed by atoms with van der Waals surface area (Å²) >= 11 is 14.5. The standard InChI is InChI=1S/C30H21Cl2FN4O5/c31-29-16-23-22(14-15-34-27(41)36(28(42)37(23)34)19-4-2-1-3-5-19)24(17-6-12-21(38)13-7-17)30(29,32)26(40)35(25(29)39)20-10-8-18(33)9-11-20/h1-14,23-24,38H,15-16H2/t23-,24+,29-,30+/m1/s1. The maximum absolute atomic E-state index is 14.2. The van der Waals surface area contributed by atoms with Crippen LogP contribution >= 0.6 is 23.2 Å². The van der Waals surface area contributed by atoms with Crippen molar-refractivity contribution in [1.82, 2.24) is 13.9 Å². The molecule has 2 aliphatic heterocycles. The van der Waals surface area contributed by atoms with Gasteiger partial charge in [-0.1, -0.05) is 36.4 Å². The van der Waals surface area contributed by atoms with E-state index in [2.05, 4.69) is 0 Å². The summed E-state index contributed by atoms with van der Waals surface area (Å²) in [5, 5.41) is 9.99. The number of carbonyl (C=O) groups excluding carboxylic acids is 2. The molecule has 42 heavy (non-hydrogen) atoms. The molecule has 1 aliphatic carbocycles. The molecule has 4 atom stereocenters. The van der Waals surface area contributed by atoms with Crippen LogP contribution < -0.4 is 16.3 Å². The lowest BCUT2D eigenvalue weighted by atomic mass is 9.64. The lowest BCUT2D eigenvalue weighted by molar-refractivity contribution is -0.122. The molecule has 4 aromatic rings. The number of fused-ring (bicyclic) bond motifs is 4. The minimum atomic E-state index is -2.07. The van der Waals surface area contributed by atoms with E-state index >= 15 is 0 Å². The van der Waals surface area contributed by atoms with E-state index in [1.165, 1.54) is 33.6 Å². The van der Waals surface area contributed by atoms with E-state index in [9.17, 15) is 28.7 Å². The molecular formula is C30H21Cl2FN4O5. The predicted octanol–water partition coefficient (Wildman–Crippen LogP) is 3.84. The molecule has 0 unspecified atom stereocenters. The van der Waals surface area contributed by atoms with Crippen LogP contribution in [0.2, 0.25) is 0 Å². The van der Waals surface area contributed by atoms with E-state index in [1.807, 2.05) is 0 Å². The van der Waals surface area contributed by atoms with Gasteiger partial charge in [-0.25, -0.2) is 32.8 Å². The minimum absolute atomic E-state index is 0.000389. The number of benzene rings is 3. The Morgan fingerprint density at radius 3 is 2.14 bits per heavy atom. The number of carbonyl (C=O) groups is 2. The Bertz CT molecular complexity index is 1930. The van der Waals surface area contributed by atoms with Gasteiger partial charge in [-0.05, 0) is 59.7 Å². The fourth-order valence-electron chi connectivity index (χ4n) is 6.50. The van der Waals surface area contributed by atoms with E-state index in [4.69, 9.17) is 23.2 Å². The quantitative estimate of drug-likeness (QED) is 0.217. The first kappa shape index (κ1) is 26.5. The number of alkyl halides is 2. The second-order valence-corrected chi connectivity index (χ2v) is 11.8. The van der Waals surface area contributed by atoms with Crippen LogP contribution in [-0.4, -0.2) is 40.6 Å². The fourth-order valence-corrected chi connectivity index (χ4v) is 7.41. The third-order valence-corrected chi connectivity index (χ3v) is 9.82. The van der Waals surface area contributed by atoms with Crippen molar-refractivity contribution in [2.24, 2.45) is 0 Å². The number of halogens is 3. The van der Waals surface area contributed by atoms with Gasteiger partial charge >= 0.3 is 11.4 Å². The van der Waals surface area contributed by atoms with Gasteiger partial charge in [0.1, 0.15) is 11.6 Å². The third-order valence-electron chi connectivity index (χ3n) is 8.40. The van der Waals surface area contributed by atoms with Crippen LogP contribution in [-0.2, 0) is 16.1 Å². The molecule has 1 N–H and O–H groups in total. The molecule has 3 aromatic carbocycles. The van der Waals surface area contributed by atoms with E-state index in [0.717, 1.165) is 21.6 Å². The van der Waals surface area contributed by atoms with Gasteiger partial charge in [0, 0.05) is 12.3 Å². The molecular weight excluding hydrogens is 586 g/mol. The topological polar surface area (TPSA) is 107 Å². The van der Waals surface area contributed by atoms with Gasteiger partial charge in [0.2, 0.25) is 0 Å². The van der Waals surface area contributed by atoms with Gasteiger partial charge in [0.05, 0.1) is 24.0 Å². The number of phenols is 1. The number of hydrogen-bond donors (Lipinski definition) is 1. The zero-order valence-electron chi connectivity index (χ0n) is 21.7. The van der Waals surface area contributed by atoms with Gasteiger partial charge in [0.25, 0.3) is 11.8 Å². The van der Waals surface area contributed by atoms with Crippen LogP contribution in [0.25, 0.3) is 5.69 Å². The number of anilines is 1. The van der Waals surface area contributed by atoms with Crippen LogP contribution in [0, 0.1) is 5.82 Å². The molecule has 9 nitrogen and oxygen atoms in total. The molecule has 0 radical (unpaired) electrons. The summed E-state index contributed by atoms with van der Waals surface area (Å²) in [6, 6.07) is 18.3. The van der Waals surface area contributed by atoms with Crippen LogP contribution in [0.15, 0.2) is 100 Å². The molecule has 212 valence electrons. The molecule has 1 saturated heterocycles. The monoisotopic (exact) mass is 606 g/mol. The van der Waals surface area contributed by atoms with E-state index < -0.39 is 50.7 Å². The largest absolute Gasteiger partial charge is 0.508 e. The van der Waals surface area contributed by atoms with E-state index in [1.54, 1.807) is 48.5 Å². The van der Waals surface area contributed by atoms with Gasteiger partial charge < -0.3 is 5.11 Å². The van der Waals surface area contributed by atoms with Gasteiger partial charge in [-0.3, -0.25) is 9.59 Å². The number of allylic oxidation sites excluding steroid dienone is 2. The summed E-state index contributed by atoms with van der Waals surface area (Å²) < 4.78 is 17.3. The Hall–Kier alpha value is -4.41. The number of amides is 2. The van der Waals surface area contributed by atoms with Crippen molar-refractivity contribution in [3.05, 3.63) is 123 Å². The number of imide groups is 1. The molecule has 0 spiro atoms. The molecule has 12 heteroatoms. The smallest absolute Gasteiger partial charge is 0.352 e. The molecule has 0 bridgehead atoms. The van der Waals surface area contributed by atoms with Crippen LogP contribution in [0.1, 0.15) is 23.9 Å². The highest BCUT2D eigenvalue weighted by molar-refractivity contribution is 6.58. The summed E-state index contributed by atoms with van der Waals surface area (Å²) in [5.74, 6) is -3.25. The Kier molecular flexibility index (Phi) is 5.70. The second-order valence-electron chi connectivity index (χ2n) is 10.5. The summed E-state index contributed by atoms with van der Waals surface area (Å²) in [6.07, 6.45) is 1.45. The molecule has 1 aromatic heterocycles. The van der Waals surface area contributed by atoms with Gasteiger partial charge in [-0.15, -0.1) is 23.2 Å². The number of hydrogen-bond acceptors (Lipinski definition) is 5. The van der Waals surface area contributed by atoms with Crippen molar-refractivity contribution in [1.29, 1.82) is 0 Å². The van der Waals surface area contributed by atoms with Gasteiger partial charge in [0.15, 0.2) is 9.75 Å². The van der Waals surface area contributed by atoms with E-state index in [0.29, 0.717) is 16.8 Å². The Morgan fingerprint density at radius 2 is 1.48 bits per heavy atom. The number of rotatable bonds is 3. The first-order chi connectivity index (χ1) is 20.1. The maximum Gasteiger partial charge on any atom is 0.352 e. The SMILES string of the molecule is O=C1N(c2ccc(F)cc2)C(=O)[C@@]2(Cl)[C@@H](c3ccc(O)cc3)C3=CCn4c(=O)n(-c5ccccc5)c(=O)n4[C@@H]3C[C@@]12Cl. The zero-order valence-corrected chi connectivity index (χ0v) is 23.2. The Balaban J connectivity index is 1.46. The van der Waals surface area contributed by atoms with Crippen molar-refractivity contribution in [3.8, 4) is 11.4 Å². The minimum Gasteiger partial charge on any atom is -0.508 e. The molecule has 7 rings (SSSR count). The van der Waals surface area contributed by atoms with Crippen LogP contribution in [0.4, 0.5) is 10.1 Å². The highest BCUT2D eigenvalue weighted by Crippen LogP contribution is 2.63. The van der Waals surface area contributed by atoms with Crippen LogP contribution in [0.5, 0.6) is 5.75 Å². The van der Waals surface area contributed by atoms with Gasteiger partial charge in [-0.2, -0.15) is 0 Å². The fraction of sp³-hybridized carbons (Fsp3) is 0.200. The highest BCUT2D eigenvalue weighted by atomic mass is 35.5. The number of phenolic OH excluding ortho intramolecular Hbond substituents is 1. The molecule has 3 heterocycles. The normalized spacial score (nSPS) is 26.5. The number of nitrogens with zero attached hydrogens (tertiary/aromatic N) is 4. The van der Waals surface area contributed by atoms with Crippen molar-refractivity contribution in [2.45, 2.75) is 34.7 Å². The van der Waals surface area contributed by atoms with Crippen LogP contribution in [0.3, 0.4) is 0 Å². The average Bonchev–Trinajstić information content (AvgIpc) is 3.32. The van der Waals surface area contributed by atoms with Crippen molar-refractivity contribution >= 4 is 40.7 Å². The number of aromatic nitrogens is 3. The summed E-state index contributed by atoms with van der Waals surface area (Å²) in [6.45, 7) is 0.000389. The highest BCUT2D eigenvalue weighted by Gasteiger charge is 2.75. The second kappa shape index (κ2) is 9.04. The van der Waals surface area contributed by atoms with Crippen molar-refractivity contribution in [3.63, 3.8) is 0 Å². The van der Waals surface area contributed by atoms with Crippen molar-refractivity contribution < 1.29 is 19.1 Å². The molecule has 3 aliphatic rings. The lowest BCUT2D eigenvalue weighted by Gasteiger charge is -2.49. The molecule has 2 amide bonds. The molecule has 1 saturated carbocycles. The van der Waals surface area contributed by atoms with E-state index in [-0.39, 0.29) is 24.4 Å². The molecule has 2 fully saturated rings. The van der Waals surface area contributed by atoms with Crippen molar-refractivity contribution in [2.75, 3.05) is 4.90 Å². The summed E-state index contributed by atoms with van der Waals surface area (Å²) in [5.41, 5.74) is 0.248. The predicted molar refractivity (Wildman–Crippen MR) is 153 cm³/mol. The third kappa shape index (κ3) is 3.36. The first-order valence-electron chi connectivity index (χ1n) is 13.1. The summed E-state index contributed by atoms with van der Waals surface area (Å²) in [7, 11) is 0. The lowest BCUT2D eigenvalue weighted by Crippen LogP contribution is -2.59.